The number of ether oxygens (including phenoxy) is 1. The Hall–Kier alpha value is -2.74. The molecule has 2 heteroatoms. The Bertz CT molecular complexity index is 1030. The summed E-state index contributed by atoms with van der Waals surface area (Å²) in [7, 11) is 1.72. The van der Waals surface area contributed by atoms with Crippen molar-refractivity contribution in [2.45, 2.75) is 51.0 Å². The highest BCUT2D eigenvalue weighted by atomic mass is 16.5. The Balaban J connectivity index is 1.64. The van der Waals surface area contributed by atoms with E-state index in [0.717, 1.165) is 5.75 Å². The fourth-order valence-electron chi connectivity index (χ4n) is 5.60. The lowest BCUT2D eigenvalue weighted by atomic mass is 9.76. The van der Waals surface area contributed by atoms with Gasteiger partial charge in [0.1, 0.15) is 5.75 Å². The number of benzene rings is 3. The fraction of sp³-hybridized carbons (Fsp3) is 0.333. The molecule has 148 valence electrons. The highest BCUT2D eigenvalue weighted by molar-refractivity contribution is 5.84. The molecule has 0 amide bonds. The van der Waals surface area contributed by atoms with Crippen LogP contribution in [0.4, 0.5) is 11.4 Å². The van der Waals surface area contributed by atoms with E-state index in [1.165, 1.54) is 53.7 Å². The molecular formula is C27H29NO. The molecule has 0 bridgehead atoms. The second kappa shape index (κ2) is 6.95. The van der Waals surface area contributed by atoms with Crippen LogP contribution in [-0.2, 0) is 5.41 Å². The second-order valence-electron chi connectivity index (χ2n) is 8.73. The Morgan fingerprint density at radius 1 is 0.793 bits per heavy atom. The molecule has 2 aliphatic rings. The van der Waals surface area contributed by atoms with E-state index in [9.17, 15) is 0 Å². The lowest BCUT2D eigenvalue weighted by Crippen LogP contribution is -2.26. The van der Waals surface area contributed by atoms with Gasteiger partial charge in [-0.3, -0.25) is 0 Å². The zero-order chi connectivity index (χ0) is 20.0. The Morgan fingerprint density at radius 2 is 1.45 bits per heavy atom. The predicted octanol–water partition coefficient (Wildman–Crippen LogP) is 7.08. The maximum atomic E-state index is 5.36. The number of nitrogens with zero attached hydrogens (tertiary/aromatic N) is 1. The number of hydrogen-bond acceptors (Lipinski definition) is 2. The Kier molecular flexibility index (Phi) is 4.38. The Labute approximate surface area is 174 Å². The summed E-state index contributed by atoms with van der Waals surface area (Å²) in [5.41, 5.74) is 8.66. The van der Waals surface area contributed by atoms with Gasteiger partial charge in [-0.25, -0.2) is 0 Å². The van der Waals surface area contributed by atoms with E-state index in [2.05, 4.69) is 73.3 Å². The van der Waals surface area contributed by atoms with Gasteiger partial charge in [0.25, 0.3) is 0 Å². The maximum Gasteiger partial charge on any atom is 0.119 e. The highest BCUT2D eigenvalue weighted by Crippen LogP contribution is 2.57. The van der Waals surface area contributed by atoms with Crippen LogP contribution in [-0.4, -0.2) is 13.2 Å². The summed E-state index contributed by atoms with van der Waals surface area (Å²) in [5, 5.41) is 0. The van der Waals surface area contributed by atoms with Gasteiger partial charge in [-0.1, -0.05) is 43.2 Å². The van der Waals surface area contributed by atoms with Gasteiger partial charge in [-0.05, 0) is 85.3 Å². The summed E-state index contributed by atoms with van der Waals surface area (Å²) in [6.07, 6.45) is 5.18. The van der Waals surface area contributed by atoms with Crippen molar-refractivity contribution in [3.63, 3.8) is 0 Å². The molecule has 0 aliphatic heterocycles. The van der Waals surface area contributed by atoms with Crippen LogP contribution in [0.5, 0.6) is 5.75 Å². The average molecular weight is 384 g/mol. The molecule has 1 saturated carbocycles. The molecule has 0 atom stereocenters. The minimum Gasteiger partial charge on any atom is -0.497 e. The van der Waals surface area contributed by atoms with E-state index < -0.39 is 0 Å². The standard InChI is InChI=1S/C27H29NO/c1-19(2)28(20-10-13-22(29-3)14-11-20)21-12-15-24-23-8-4-5-9-25(23)27(26(24)18-21)16-6-7-17-27/h4-5,8-15,18-19H,6-7,16-17H2,1-3H3. The van der Waals surface area contributed by atoms with Crippen molar-refractivity contribution in [2.75, 3.05) is 12.0 Å². The summed E-state index contributed by atoms with van der Waals surface area (Å²) in [4.78, 5) is 2.44. The van der Waals surface area contributed by atoms with Gasteiger partial charge in [-0.15, -0.1) is 0 Å². The molecule has 0 saturated heterocycles. The minimum atomic E-state index is 0.213. The first-order valence-electron chi connectivity index (χ1n) is 10.8. The quantitative estimate of drug-likeness (QED) is 0.477. The SMILES string of the molecule is COc1ccc(N(c2ccc3c(c2)C2(CCCC2)c2ccccc2-3)C(C)C)cc1. The van der Waals surface area contributed by atoms with Gasteiger partial charge in [0.2, 0.25) is 0 Å². The van der Waals surface area contributed by atoms with Crippen molar-refractivity contribution in [1.29, 1.82) is 0 Å². The van der Waals surface area contributed by atoms with Crippen LogP contribution < -0.4 is 9.64 Å². The molecule has 0 unspecified atom stereocenters. The van der Waals surface area contributed by atoms with E-state index in [1.807, 2.05) is 12.1 Å². The van der Waals surface area contributed by atoms with Crippen molar-refractivity contribution in [3.05, 3.63) is 77.9 Å². The number of fused-ring (bicyclic) bond motifs is 5. The molecule has 2 nitrogen and oxygen atoms in total. The molecule has 1 fully saturated rings. The normalized spacial score (nSPS) is 16.1. The van der Waals surface area contributed by atoms with Crippen molar-refractivity contribution in [1.82, 2.24) is 0 Å². The molecule has 5 rings (SSSR count). The average Bonchev–Trinajstić information content (AvgIpc) is 3.34. The van der Waals surface area contributed by atoms with Gasteiger partial charge in [0.05, 0.1) is 7.11 Å². The van der Waals surface area contributed by atoms with E-state index in [-0.39, 0.29) is 5.41 Å². The lowest BCUT2D eigenvalue weighted by Gasteiger charge is -2.32. The first kappa shape index (κ1) is 18.3. The maximum absolute atomic E-state index is 5.36. The fourth-order valence-corrected chi connectivity index (χ4v) is 5.60. The van der Waals surface area contributed by atoms with Crippen LogP contribution >= 0.6 is 0 Å². The zero-order valence-electron chi connectivity index (χ0n) is 17.6. The third-order valence-corrected chi connectivity index (χ3v) is 6.85. The van der Waals surface area contributed by atoms with Crippen molar-refractivity contribution in [3.8, 4) is 16.9 Å². The molecule has 3 aromatic rings. The molecule has 3 aromatic carbocycles. The number of anilines is 2. The lowest BCUT2D eigenvalue weighted by molar-refractivity contribution is 0.415. The second-order valence-corrected chi connectivity index (χ2v) is 8.73. The smallest absolute Gasteiger partial charge is 0.119 e. The van der Waals surface area contributed by atoms with Gasteiger partial charge < -0.3 is 9.64 Å². The van der Waals surface area contributed by atoms with Crippen molar-refractivity contribution >= 4 is 11.4 Å². The summed E-state index contributed by atoms with van der Waals surface area (Å²) in [6, 6.07) is 25.0. The molecular weight excluding hydrogens is 354 g/mol. The summed E-state index contributed by atoms with van der Waals surface area (Å²) >= 11 is 0. The van der Waals surface area contributed by atoms with Crippen LogP contribution in [0.25, 0.3) is 11.1 Å². The van der Waals surface area contributed by atoms with E-state index in [0.29, 0.717) is 6.04 Å². The molecule has 29 heavy (non-hydrogen) atoms. The van der Waals surface area contributed by atoms with Gasteiger partial charge in [0.15, 0.2) is 0 Å². The van der Waals surface area contributed by atoms with Gasteiger partial charge in [-0.2, -0.15) is 0 Å². The first-order chi connectivity index (χ1) is 14.1. The minimum absolute atomic E-state index is 0.213. The van der Waals surface area contributed by atoms with E-state index >= 15 is 0 Å². The molecule has 0 radical (unpaired) electrons. The summed E-state index contributed by atoms with van der Waals surface area (Å²) in [5.74, 6) is 0.895. The first-order valence-corrected chi connectivity index (χ1v) is 10.8. The van der Waals surface area contributed by atoms with Crippen LogP contribution in [0.15, 0.2) is 66.7 Å². The van der Waals surface area contributed by atoms with Crippen molar-refractivity contribution in [2.24, 2.45) is 0 Å². The van der Waals surface area contributed by atoms with Gasteiger partial charge >= 0.3 is 0 Å². The predicted molar refractivity (Wildman–Crippen MR) is 121 cm³/mol. The highest BCUT2D eigenvalue weighted by Gasteiger charge is 2.45. The zero-order valence-corrected chi connectivity index (χ0v) is 17.6. The number of rotatable bonds is 4. The molecule has 0 heterocycles. The van der Waals surface area contributed by atoms with Crippen LogP contribution in [0.3, 0.4) is 0 Å². The van der Waals surface area contributed by atoms with E-state index in [1.54, 1.807) is 12.7 Å². The Morgan fingerprint density at radius 3 is 2.14 bits per heavy atom. The van der Waals surface area contributed by atoms with Crippen molar-refractivity contribution < 1.29 is 4.74 Å². The third-order valence-electron chi connectivity index (χ3n) is 6.85. The van der Waals surface area contributed by atoms with Gasteiger partial charge in [0, 0.05) is 22.8 Å². The molecule has 1 spiro atoms. The molecule has 0 aromatic heterocycles. The summed E-state index contributed by atoms with van der Waals surface area (Å²) < 4.78 is 5.36. The third kappa shape index (κ3) is 2.77. The number of methoxy groups -OCH3 is 1. The number of hydrogen-bond donors (Lipinski definition) is 0. The van der Waals surface area contributed by atoms with Crippen LogP contribution in [0, 0.1) is 0 Å². The van der Waals surface area contributed by atoms with E-state index in [4.69, 9.17) is 4.74 Å². The molecule has 2 aliphatic carbocycles. The monoisotopic (exact) mass is 383 g/mol. The largest absolute Gasteiger partial charge is 0.497 e. The van der Waals surface area contributed by atoms with Crippen LogP contribution in [0.1, 0.15) is 50.7 Å². The molecule has 0 N–H and O–H groups in total. The summed E-state index contributed by atoms with van der Waals surface area (Å²) in [6.45, 7) is 4.52. The topological polar surface area (TPSA) is 12.5 Å². The van der Waals surface area contributed by atoms with Crippen LogP contribution in [0.2, 0.25) is 0 Å².